The predicted octanol–water partition coefficient (Wildman–Crippen LogP) is 4.08. The van der Waals surface area contributed by atoms with Crippen molar-refractivity contribution in [1.82, 2.24) is 4.90 Å². The molecule has 1 aromatic carbocycles. The van der Waals surface area contributed by atoms with Crippen LogP contribution in [0, 0.1) is 6.92 Å². The van der Waals surface area contributed by atoms with Crippen molar-refractivity contribution < 1.29 is 29.0 Å². The first-order chi connectivity index (χ1) is 15.9. The Balaban J connectivity index is 1.53. The van der Waals surface area contributed by atoms with Crippen LogP contribution in [0.1, 0.15) is 37.8 Å². The summed E-state index contributed by atoms with van der Waals surface area (Å²) < 4.78 is 11.1. The standard InChI is InChI=1S/C25H28N2O6/c1-4-22(25(29)30)33-23-9-8-19(14-17(23)2)18(3)26-32-13-11-27-10-12-31-24(16-27)20-6-5-7-21(28)15-20/h5-10,12,14,16,22H,4,11,13,15H2,1-3H3,(H,29,30). The lowest BCUT2D eigenvalue weighted by Gasteiger charge is -2.22. The minimum absolute atomic E-state index is 0.0492. The number of allylic oxidation sites excluding steroid dienone is 4. The Morgan fingerprint density at radius 3 is 2.88 bits per heavy atom. The highest BCUT2D eigenvalue weighted by Crippen LogP contribution is 2.23. The number of carbonyl (C=O) groups excluding carboxylic acids is 1. The summed E-state index contributed by atoms with van der Waals surface area (Å²) in [4.78, 5) is 30.2. The molecule has 1 aliphatic carbocycles. The third kappa shape index (κ3) is 6.58. The highest BCUT2D eigenvalue weighted by Gasteiger charge is 2.18. The highest BCUT2D eigenvalue weighted by molar-refractivity contribution is 5.98. The van der Waals surface area contributed by atoms with Gasteiger partial charge < -0.3 is 24.3 Å². The average Bonchev–Trinajstić information content (AvgIpc) is 2.81. The maximum atomic E-state index is 11.6. The molecular formula is C25H28N2O6. The van der Waals surface area contributed by atoms with E-state index in [0.29, 0.717) is 43.2 Å². The fraction of sp³-hybridized carbons (Fsp3) is 0.320. The number of hydrogen-bond donors (Lipinski definition) is 1. The van der Waals surface area contributed by atoms with Crippen LogP contribution in [-0.2, 0) is 19.2 Å². The summed E-state index contributed by atoms with van der Waals surface area (Å²) in [5.41, 5.74) is 3.21. The van der Waals surface area contributed by atoms with E-state index in [1.54, 1.807) is 37.6 Å². The van der Waals surface area contributed by atoms with Crippen molar-refractivity contribution in [1.29, 1.82) is 0 Å². The average molecular weight is 453 g/mol. The fourth-order valence-electron chi connectivity index (χ4n) is 3.26. The second-order valence-corrected chi connectivity index (χ2v) is 7.67. The molecule has 0 saturated carbocycles. The van der Waals surface area contributed by atoms with Crippen LogP contribution < -0.4 is 4.74 Å². The van der Waals surface area contributed by atoms with E-state index < -0.39 is 12.1 Å². The van der Waals surface area contributed by atoms with Crippen LogP contribution in [0.3, 0.4) is 0 Å². The Bertz CT molecular complexity index is 1050. The normalized spacial score (nSPS) is 16.6. The second kappa shape index (κ2) is 11.2. The first kappa shape index (κ1) is 23.8. The number of hydrogen-bond acceptors (Lipinski definition) is 7. The highest BCUT2D eigenvalue weighted by atomic mass is 16.6. The van der Waals surface area contributed by atoms with Crippen LogP contribution in [0.15, 0.2) is 71.6 Å². The number of aliphatic carboxylic acids is 1. The SMILES string of the molecule is CCC(Oc1ccc(C(C)=NOCCN2C=COC(C3=CC=CC(=O)C3)=C2)cc1C)C(=O)O. The molecule has 0 saturated heterocycles. The van der Waals surface area contributed by atoms with Gasteiger partial charge in [0.2, 0.25) is 0 Å². The van der Waals surface area contributed by atoms with Crippen molar-refractivity contribution in [2.24, 2.45) is 5.16 Å². The topological polar surface area (TPSA) is 97.7 Å². The lowest BCUT2D eigenvalue weighted by atomic mass is 10.0. The van der Waals surface area contributed by atoms with E-state index in [1.165, 1.54) is 0 Å². The number of ether oxygens (including phenoxy) is 2. The van der Waals surface area contributed by atoms with Gasteiger partial charge in [0, 0.05) is 24.4 Å². The van der Waals surface area contributed by atoms with E-state index >= 15 is 0 Å². The van der Waals surface area contributed by atoms with E-state index in [9.17, 15) is 14.7 Å². The summed E-state index contributed by atoms with van der Waals surface area (Å²) >= 11 is 0. The largest absolute Gasteiger partial charge is 0.479 e. The van der Waals surface area contributed by atoms with Gasteiger partial charge in [0.15, 0.2) is 11.9 Å². The number of carbonyl (C=O) groups is 2. The molecule has 8 heteroatoms. The van der Waals surface area contributed by atoms with Gasteiger partial charge >= 0.3 is 5.97 Å². The molecule has 1 heterocycles. The van der Waals surface area contributed by atoms with Crippen molar-refractivity contribution >= 4 is 17.5 Å². The first-order valence-corrected chi connectivity index (χ1v) is 10.8. The molecular weight excluding hydrogens is 424 g/mol. The van der Waals surface area contributed by atoms with E-state index in [4.69, 9.17) is 14.3 Å². The molecule has 174 valence electrons. The zero-order chi connectivity index (χ0) is 23.8. The molecule has 1 aliphatic heterocycles. The van der Waals surface area contributed by atoms with Gasteiger partial charge in [0.1, 0.15) is 24.4 Å². The quantitative estimate of drug-likeness (QED) is 0.325. The Labute approximate surface area is 193 Å². The number of ketones is 1. The van der Waals surface area contributed by atoms with Gasteiger partial charge in [-0.1, -0.05) is 24.2 Å². The third-order valence-electron chi connectivity index (χ3n) is 5.14. The van der Waals surface area contributed by atoms with Crippen LogP contribution in [0.4, 0.5) is 0 Å². The summed E-state index contributed by atoms with van der Waals surface area (Å²) in [6, 6.07) is 5.46. The molecule has 0 amide bonds. The number of carboxylic acids is 1. The van der Waals surface area contributed by atoms with E-state index in [2.05, 4.69) is 5.16 Å². The maximum absolute atomic E-state index is 11.6. The van der Waals surface area contributed by atoms with Gasteiger partial charge in [-0.25, -0.2) is 4.79 Å². The van der Waals surface area contributed by atoms with Crippen molar-refractivity contribution in [2.75, 3.05) is 13.2 Å². The second-order valence-electron chi connectivity index (χ2n) is 7.67. The van der Waals surface area contributed by atoms with Gasteiger partial charge in [0.05, 0.1) is 12.3 Å². The maximum Gasteiger partial charge on any atom is 0.344 e. The van der Waals surface area contributed by atoms with Crippen molar-refractivity contribution in [2.45, 2.75) is 39.7 Å². The minimum Gasteiger partial charge on any atom is -0.479 e. The van der Waals surface area contributed by atoms with Gasteiger partial charge in [-0.2, -0.15) is 0 Å². The molecule has 1 atom stereocenters. The first-order valence-electron chi connectivity index (χ1n) is 10.8. The molecule has 0 fully saturated rings. The molecule has 8 nitrogen and oxygen atoms in total. The zero-order valence-corrected chi connectivity index (χ0v) is 19.0. The van der Waals surface area contributed by atoms with Gasteiger partial charge in [0.25, 0.3) is 0 Å². The number of benzene rings is 1. The lowest BCUT2D eigenvalue weighted by molar-refractivity contribution is -0.145. The molecule has 0 aromatic heterocycles. The Morgan fingerprint density at radius 1 is 1.36 bits per heavy atom. The monoisotopic (exact) mass is 452 g/mol. The molecule has 1 unspecified atom stereocenters. The van der Waals surface area contributed by atoms with Crippen LogP contribution in [0.25, 0.3) is 0 Å². The van der Waals surface area contributed by atoms with Crippen LogP contribution >= 0.6 is 0 Å². The van der Waals surface area contributed by atoms with Gasteiger partial charge in [-0.15, -0.1) is 0 Å². The molecule has 1 N–H and O–H groups in total. The molecule has 0 bridgehead atoms. The molecule has 2 aliphatic rings. The molecule has 0 spiro atoms. The summed E-state index contributed by atoms with van der Waals surface area (Å²) in [6.07, 6.45) is 10.2. The number of nitrogens with zero attached hydrogens (tertiary/aromatic N) is 2. The molecule has 33 heavy (non-hydrogen) atoms. The predicted molar refractivity (Wildman–Crippen MR) is 124 cm³/mol. The number of rotatable bonds is 10. The van der Waals surface area contributed by atoms with Crippen molar-refractivity contribution in [3.8, 4) is 5.75 Å². The number of aryl methyl sites for hydroxylation is 1. The third-order valence-corrected chi connectivity index (χ3v) is 5.14. The van der Waals surface area contributed by atoms with Crippen molar-refractivity contribution in [3.63, 3.8) is 0 Å². The van der Waals surface area contributed by atoms with Crippen LogP contribution in [-0.4, -0.2) is 46.7 Å². The van der Waals surface area contributed by atoms with E-state index in [1.807, 2.05) is 43.2 Å². The molecule has 0 radical (unpaired) electrons. The summed E-state index contributed by atoms with van der Waals surface area (Å²) in [5, 5.41) is 13.4. The van der Waals surface area contributed by atoms with Gasteiger partial charge in [-0.05, 0) is 55.7 Å². The Kier molecular flexibility index (Phi) is 8.07. The lowest BCUT2D eigenvalue weighted by Crippen LogP contribution is -2.26. The summed E-state index contributed by atoms with van der Waals surface area (Å²) in [7, 11) is 0. The smallest absolute Gasteiger partial charge is 0.344 e. The van der Waals surface area contributed by atoms with E-state index in [0.717, 1.165) is 16.7 Å². The van der Waals surface area contributed by atoms with Crippen molar-refractivity contribution in [3.05, 3.63) is 77.5 Å². The Hall–Kier alpha value is -3.81. The minimum atomic E-state index is -0.981. The zero-order valence-electron chi connectivity index (χ0n) is 19.0. The van der Waals surface area contributed by atoms with Crippen LogP contribution in [0.5, 0.6) is 5.75 Å². The molecule has 3 rings (SSSR count). The summed E-state index contributed by atoms with van der Waals surface area (Å²) in [5.74, 6) is 0.243. The Morgan fingerprint density at radius 2 is 2.18 bits per heavy atom. The number of carboxylic acid groups (broad SMARTS) is 1. The number of oxime groups is 1. The fourth-order valence-corrected chi connectivity index (χ4v) is 3.26. The molecule has 1 aromatic rings. The van der Waals surface area contributed by atoms with E-state index in [-0.39, 0.29) is 5.78 Å². The summed E-state index contributed by atoms with van der Waals surface area (Å²) in [6.45, 7) is 6.37. The van der Waals surface area contributed by atoms with Crippen LogP contribution in [0.2, 0.25) is 0 Å². The van der Waals surface area contributed by atoms with Gasteiger partial charge in [-0.3, -0.25) is 4.79 Å².